The quantitative estimate of drug-likeness (QED) is 0.778. The molecule has 1 heterocycles. The summed E-state index contributed by atoms with van der Waals surface area (Å²) >= 11 is 0. The molecule has 4 nitrogen and oxygen atoms in total. The maximum atomic E-state index is 6.04. The molecule has 0 saturated carbocycles. The number of hydrogen-bond donors (Lipinski definition) is 1. The van der Waals surface area contributed by atoms with E-state index in [-0.39, 0.29) is 12.1 Å². The molecular weight excluding hydrogens is 190 g/mol. The number of ether oxygens (including phenoxy) is 1. The van der Waals surface area contributed by atoms with Crippen LogP contribution in [-0.4, -0.2) is 22.4 Å². The fourth-order valence-electron chi connectivity index (χ4n) is 1.51. The smallest absolute Gasteiger partial charge is 0.101 e. The van der Waals surface area contributed by atoms with Gasteiger partial charge in [-0.2, -0.15) is 5.10 Å². The minimum absolute atomic E-state index is 0.0244. The van der Waals surface area contributed by atoms with Gasteiger partial charge in [0, 0.05) is 31.5 Å². The van der Waals surface area contributed by atoms with Crippen LogP contribution in [0.2, 0.25) is 0 Å². The standard InChI is InChI=1S/C11H21N3O/c1-4-6-15-11(10(12)5-2)9-7-13-14(3)8-9/h7-8,10-11H,4-6,12H2,1-3H3. The lowest BCUT2D eigenvalue weighted by molar-refractivity contribution is 0.0338. The van der Waals surface area contributed by atoms with Gasteiger partial charge in [-0.1, -0.05) is 13.8 Å². The van der Waals surface area contributed by atoms with Gasteiger partial charge in [0.25, 0.3) is 0 Å². The van der Waals surface area contributed by atoms with Gasteiger partial charge >= 0.3 is 0 Å². The Labute approximate surface area is 91.4 Å². The lowest BCUT2D eigenvalue weighted by Crippen LogP contribution is -2.29. The first kappa shape index (κ1) is 12.2. The van der Waals surface area contributed by atoms with Crippen molar-refractivity contribution in [3.63, 3.8) is 0 Å². The van der Waals surface area contributed by atoms with Gasteiger partial charge < -0.3 is 10.5 Å². The van der Waals surface area contributed by atoms with Gasteiger partial charge in [-0.3, -0.25) is 4.68 Å². The first-order valence-corrected chi connectivity index (χ1v) is 5.54. The van der Waals surface area contributed by atoms with Gasteiger partial charge in [0.05, 0.1) is 6.20 Å². The van der Waals surface area contributed by atoms with Crippen LogP contribution in [0.4, 0.5) is 0 Å². The van der Waals surface area contributed by atoms with Crippen LogP contribution in [0.1, 0.15) is 38.4 Å². The minimum Gasteiger partial charge on any atom is -0.372 e. The molecule has 2 N–H and O–H groups in total. The normalized spacial score (nSPS) is 15.2. The molecule has 0 saturated heterocycles. The molecule has 0 amide bonds. The maximum Gasteiger partial charge on any atom is 0.101 e. The Morgan fingerprint density at radius 3 is 2.73 bits per heavy atom. The summed E-state index contributed by atoms with van der Waals surface area (Å²) in [5, 5.41) is 4.14. The molecule has 0 aromatic carbocycles. The fourth-order valence-corrected chi connectivity index (χ4v) is 1.51. The summed E-state index contributed by atoms with van der Waals surface area (Å²) in [6.45, 7) is 4.91. The average Bonchev–Trinajstić information content (AvgIpc) is 2.65. The lowest BCUT2D eigenvalue weighted by atomic mass is 10.0. The molecule has 86 valence electrons. The van der Waals surface area contributed by atoms with Gasteiger partial charge in [0.1, 0.15) is 6.10 Å². The number of aromatic nitrogens is 2. The molecule has 0 aliphatic rings. The number of nitrogens with zero attached hydrogens (tertiary/aromatic N) is 2. The SMILES string of the molecule is CCCOC(c1cnn(C)c1)C(N)CC. The topological polar surface area (TPSA) is 53.1 Å². The Hall–Kier alpha value is -0.870. The van der Waals surface area contributed by atoms with Crippen LogP contribution in [0.15, 0.2) is 12.4 Å². The molecule has 2 atom stereocenters. The molecular formula is C11H21N3O. The molecule has 0 fully saturated rings. The lowest BCUT2D eigenvalue weighted by Gasteiger charge is -2.22. The Bertz CT molecular complexity index is 285. The summed E-state index contributed by atoms with van der Waals surface area (Å²) < 4.78 is 7.54. The van der Waals surface area contributed by atoms with E-state index in [4.69, 9.17) is 10.5 Å². The second-order valence-electron chi connectivity index (χ2n) is 3.81. The molecule has 0 spiro atoms. The van der Waals surface area contributed by atoms with Gasteiger partial charge in [-0.15, -0.1) is 0 Å². The van der Waals surface area contributed by atoms with E-state index in [0.717, 1.165) is 25.0 Å². The van der Waals surface area contributed by atoms with Crippen LogP contribution in [0.5, 0.6) is 0 Å². The van der Waals surface area contributed by atoms with Crippen molar-refractivity contribution in [3.05, 3.63) is 18.0 Å². The van der Waals surface area contributed by atoms with Crippen molar-refractivity contribution in [1.29, 1.82) is 0 Å². The Morgan fingerprint density at radius 1 is 1.53 bits per heavy atom. The van der Waals surface area contributed by atoms with Crippen molar-refractivity contribution in [1.82, 2.24) is 9.78 Å². The van der Waals surface area contributed by atoms with Crippen molar-refractivity contribution in [2.75, 3.05) is 6.61 Å². The van der Waals surface area contributed by atoms with E-state index in [1.807, 2.05) is 19.4 Å². The zero-order valence-electron chi connectivity index (χ0n) is 9.81. The largest absolute Gasteiger partial charge is 0.372 e. The third kappa shape index (κ3) is 3.32. The fraction of sp³-hybridized carbons (Fsp3) is 0.727. The highest BCUT2D eigenvalue weighted by molar-refractivity contribution is 5.10. The first-order valence-electron chi connectivity index (χ1n) is 5.54. The molecule has 0 aliphatic carbocycles. The van der Waals surface area contributed by atoms with Gasteiger partial charge in [0.15, 0.2) is 0 Å². The van der Waals surface area contributed by atoms with E-state index in [1.165, 1.54) is 0 Å². The van der Waals surface area contributed by atoms with Crippen molar-refractivity contribution >= 4 is 0 Å². The third-order valence-corrected chi connectivity index (χ3v) is 2.42. The zero-order chi connectivity index (χ0) is 11.3. The molecule has 4 heteroatoms. The predicted molar refractivity (Wildman–Crippen MR) is 60.5 cm³/mol. The Kier molecular flexibility index (Phi) is 4.78. The summed E-state index contributed by atoms with van der Waals surface area (Å²) in [6.07, 6.45) is 5.69. The van der Waals surface area contributed by atoms with Crippen LogP contribution < -0.4 is 5.73 Å². The number of rotatable bonds is 6. The number of hydrogen-bond acceptors (Lipinski definition) is 3. The second kappa shape index (κ2) is 5.88. The molecule has 1 rings (SSSR count). The average molecular weight is 211 g/mol. The summed E-state index contributed by atoms with van der Waals surface area (Å²) in [5.74, 6) is 0. The third-order valence-electron chi connectivity index (χ3n) is 2.42. The highest BCUT2D eigenvalue weighted by Crippen LogP contribution is 2.21. The molecule has 0 radical (unpaired) electrons. The van der Waals surface area contributed by atoms with Crippen LogP contribution in [0.25, 0.3) is 0 Å². The predicted octanol–water partition coefficient (Wildman–Crippen LogP) is 1.63. The van der Waals surface area contributed by atoms with Crippen molar-refractivity contribution in [2.24, 2.45) is 12.8 Å². The van der Waals surface area contributed by atoms with E-state index < -0.39 is 0 Å². The van der Waals surface area contributed by atoms with Crippen LogP contribution in [-0.2, 0) is 11.8 Å². The van der Waals surface area contributed by atoms with E-state index in [2.05, 4.69) is 18.9 Å². The highest BCUT2D eigenvalue weighted by Gasteiger charge is 2.20. The maximum absolute atomic E-state index is 6.04. The van der Waals surface area contributed by atoms with Gasteiger partial charge in [-0.25, -0.2) is 0 Å². The summed E-state index contributed by atoms with van der Waals surface area (Å²) in [6, 6.07) is 0.0424. The van der Waals surface area contributed by atoms with E-state index >= 15 is 0 Å². The molecule has 0 aliphatic heterocycles. The zero-order valence-corrected chi connectivity index (χ0v) is 9.81. The Balaban J connectivity index is 2.71. The van der Waals surface area contributed by atoms with Gasteiger partial charge in [-0.05, 0) is 12.8 Å². The van der Waals surface area contributed by atoms with E-state index in [0.29, 0.717) is 0 Å². The van der Waals surface area contributed by atoms with E-state index in [1.54, 1.807) is 4.68 Å². The number of nitrogens with two attached hydrogens (primary N) is 1. The summed E-state index contributed by atoms with van der Waals surface area (Å²) in [5.41, 5.74) is 7.11. The van der Waals surface area contributed by atoms with Crippen LogP contribution >= 0.6 is 0 Å². The van der Waals surface area contributed by atoms with E-state index in [9.17, 15) is 0 Å². The highest BCUT2D eigenvalue weighted by atomic mass is 16.5. The second-order valence-corrected chi connectivity index (χ2v) is 3.81. The molecule has 15 heavy (non-hydrogen) atoms. The van der Waals surface area contributed by atoms with Crippen molar-refractivity contribution in [2.45, 2.75) is 38.8 Å². The van der Waals surface area contributed by atoms with Crippen molar-refractivity contribution < 1.29 is 4.74 Å². The molecule has 1 aromatic heterocycles. The van der Waals surface area contributed by atoms with Gasteiger partial charge in [0.2, 0.25) is 0 Å². The summed E-state index contributed by atoms with van der Waals surface area (Å²) in [7, 11) is 1.90. The monoisotopic (exact) mass is 211 g/mol. The molecule has 2 unspecified atom stereocenters. The van der Waals surface area contributed by atoms with Crippen LogP contribution in [0.3, 0.4) is 0 Å². The van der Waals surface area contributed by atoms with Crippen LogP contribution in [0, 0.1) is 0 Å². The molecule has 0 bridgehead atoms. The number of aryl methyl sites for hydroxylation is 1. The van der Waals surface area contributed by atoms with Crippen molar-refractivity contribution in [3.8, 4) is 0 Å². The molecule has 1 aromatic rings. The first-order chi connectivity index (χ1) is 7.19. The minimum atomic E-state index is -0.0244. The Morgan fingerprint density at radius 2 is 2.27 bits per heavy atom. The summed E-state index contributed by atoms with van der Waals surface area (Å²) in [4.78, 5) is 0.